The van der Waals surface area contributed by atoms with Gasteiger partial charge in [0.25, 0.3) is 0 Å². The van der Waals surface area contributed by atoms with Crippen LogP contribution in [0.3, 0.4) is 0 Å². The normalized spacial score (nSPS) is 21.0. The molecule has 2 aliphatic rings. The molecule has 3 heteroatoms. The molecule has 2 heterocycles. The minimum atomic E-state index is -0.0112. The zero-order valence-electron chi connectivity index (χ0n) is 11.5. The Hall–Kier alpha value is -1.09. The molecule has 0 aromatic heterocycles. The van der Waals surface area contributed by atoms with E-state index >= 15 is 0 Å². The number of nitrogens with zero attached hydrogens (tertiary/aromatic N) is 1. The van der Waals surface area contributed by atoms with Crippen molar-refractivity contribution in [3.63, 3.8) is 0 Å². The first-order chi connectivity index (χ1) is 9.34. The van der Waals surface area contributed by atoms with E-state index < -0.39 is 0 Å². The Labute approximate surface area is 115 Å². The number of hydrogen-bond donors (Lipinski definition) is 1. The number of hydrogen-bond acceptors (Lipinski definition) is 2. The highest BCUT2D eigenvalue weighted by Crippen LogP contribution is 2.30. The van der Waals surface area contributed by atoms with Crippen LogP contribution >= 0.6 is 0 Å². The quantitative estimate of drug-likeness (QED) is 0.901. The van der Waals surface area contributed by atoms with Crippen LogP contribution in [0, 0.1) is 11.7 Å². The molecule has 1 aromatic carbocycles. The Morgan fingerprint density at radius 2 is 1.89 bits per heavy atom. The molecule has 19 heavy (non-hydrogen) atoms. The lowest BCUT2D eigenvalue weighted by atomic mass is 9.90. The number of anilines is 1. The molecule has 0 aliphatic carbocycles. The van der Waals surface area contributed by atoms with Gasteiger partial charge < -0.3 is 10.2 Å². The van der Waals surface area contributed by atoms with E-state index in [1.807, 2.05) is 6.07 Å². The molecular weight excluding hydrogens is 239 g/mol. The van der Waals surface area contributed by atoms with Crippen molar-refractivity contribution in [2.24, 2.45) is 5.92 Å². The van der Waals surface area contributed by atoms with Crippen molar-refractivity contribution < 1.29 is 4.39 Å². The van der Waals surface area contributed by atoms with Gasteiger partial charge in [0.05, 0.1) is 0 Å². The van der Waals surface area contributed by atoms with Crippen LogP contribution in [0.15, 0.2) is 18.2 Å². The standard InChI is InChI=1S/C16H23FN2/c17-15-4-3-5-16(19-10-1-2-11-19)14(15)12-13-6-8-18-9-7-13/h3-5,13,18H,1-2,6-12H2. The molecule has 2 fully saturated rings. The van der Waals surface area contributed by atoms with Gasteiger partial charge in [0.15, 0.2) is 0 Å². The molecule has 104 valence electrons. The molecule has 0 bridgehead atoms. The summed E-state index contributed by atoms with van der Waals surface area (Å²) < 4.78 is 14.2. The number of piperidine rings is 1. The molecular formula is C16H23FN2. The molecule has 2 saturated heterocycles. The second kappa shape index (κ2) is 5.91. The molecule has 2 aliphatic heterocycles. The molecule has 3 rings (SSSR count). The van der Waals surface area contributed by atoms with E-state index in [9.17, 15) is 4.39 Å². The van der Waals surface area contributed by atoms with Gasteiger partial charge in [-0.2, -0.15) is 0 Å². The Kier molecular flexibility index (Phi) is 4.02. The third-order valence-corrected chi connectivity index (χ3v) is 4.49. The first kappa shape index (κ1) is 12.9. The summed E-state index contributed by atoms with van der Waals surface area (Å²) in [5.74, 6) is 0.627. The zero-order valence-corrected chi connectivity index (χ0v) is 11.5. The fraction of sp³-hybridized carbons (Fsp3) is 0.625. The number of nitrogens with one attached hydrogen (secondary N) is 1. The van der Waals surface area contributed by atoms with Gasteiger partial charge in [-0.3, -0.25) is 0 Å². The van der Waals surface area contributed by atoms with Gasteiger partial charge in [-0.05, 0) is 63.2 Å². The average molecular weight is 262 g/mol. The van der Waals surface area contributed by atoms with Crippen molar-refractivity contribution in [3.05, 3.63) is 29.6 Å². The topological polar surface area (TPSA) is 15.3 Å². The van der Waals surface area contributed by atoms with E-state index in [0.29, 0.717) is 5.92 Å². The van der Waals surface area contributed by atoms with Gasteiger partial charge in [0, 0.05) is 24.3 Å². The molecule has 0 atom stereocenters. The summed E-state index contributed by atoms with van der Waals surface area (Å²) >= 11 is 0. The predicted octanol–water partition coefficient (Wildman–Crippen LogP) is 2.97. The highest BCUT2D eigenvalue weighted by atomic mass is 19.1. The first-order valence-electron chi connectivity index (χ1n) is 7.57. The smallest absolute Gasteiger partial charge is 0.128 e. The van der Waals surface area contributed by atoms with Gasteiger partial charge in [-0.15, -0.1) is 0 Å². The van der Waals surface area contributed by atoms with Crippen LogP contribution < -0.4 is 10.2 Å². The van der Waals surface area contributed by atoms with Gasteiger partial charge in [0.1, 0.15) is 5.82 Å². The van der Waals surface area contributed by atoms with E-state index in [2.05, 4.69) is 16.3 Å². The Bertz CT molecular complexity index is 421. The fourth-order valence-electron chi connectivity index (χ4n) is 3.38. The molecule has 0 radical (unpaired) electrons. The molecule has 0 saturated carbocycles. The largest absolute Gasteiger partial charge is 0.371 e. The Balaban J connectivity index is 1.81. The lowest BCUT2D eigenvalue weighted by Crippen LogP contribution is -2.29. The van der Waals surface area contributed by atoms with Gasteiger partial charge in [-0.25, -0.2) is 4.39 Å². The van der Waals surface area contributed by atoms with Crippen LogP contribution in [-0.4, -0.2) is 26.2 Å². The fourth-order valence-corrected chi connectivity index (χ4v) is 3.38. The van der Waals surface area contributed by atoms with Gasteiger partial charge >= 0.3 is 0 Å². The van der Waals surface area contributed by atoms with Crippen molar-refractivity contribution in [2.75, 3.05) is 31.1 Å². The summed E-state index contributed by atoms with van der Waals surface area (Å²) in [6.45, 7) is 4.34. The maximum absolute atomic E-state index is 14.2. The van der Waals surface area contributed by atoms with E-state index in [4.69, 9.17) is 0 Å². The van der Waals surface area contributed by atoms with Crippen LogP contribution in [0.5, 0.6) is 0 Å². The first-order valence-corrected chi connectivity index (χ1v) is 7.57. The third kappa shape index (κ3) is 2.92. The van der Waals surface area contributed by atoms with Crippen LogP contribution in [0.4, 0.5) is 10.1 Å². The summed E-state index contributed by atoms with van der Waals surface area (Å²) in [5, 5.41) is 3.38. The number of halogens is 1. The van der Waals surface area contributed by atoms with Gasteiger partial charge in [-0.1, -0.05) is 6.07 Å². The highest BCUT2D eigenvalue weighted by molar-refractivity contribution is 5.55. The van der Waals surface area contributed by atoms with Crippen molar-refractivity contribution in [1.29, 1.82) is 0 Å². The minimum Gasteiger partial charge on any atom is -0.371 e. The van der Waals surface area contributed by atoms with Gasteiger partial charge in [0.2, 0.25) is 0 Å². The van der Waals surface area contributed by atoms with Crippen LogP contribution in [0.2, 0.25) is 0 Å². The molecule has 1 aromatic rings. The lowest BCUT2D eigenvalue weighted by Gasteiger charge is -2.26. The minimum absolute atomic E-state index is 0.0112. The maximum Gasteiger partial charge on any atom is 0.128 e. The molecule has 0 amide bonds. The monoisotopic (exact) mass is 262 g/mol. The molecule has 0 spiro atoms. The SMILES string of the molecule is Fc1cccc(N2CCCC2)c1CC1CCNCC1. The lowest BCUT2D eigenvalue weighted by molar-refractivity contribution is 0.368. The van der Waals surface area contributed by atoms with Crippen molar-refractivity contribution in [1.82, 2.24) is 5.32 Å². The van der Waals surface area contributed by atoms with E-state index in [1.54, 1.807) is 6.07 Å². The zero-order chi connectivity index (χ0) is 13.1. The second-order valence-electron chi connectivity index (χ2n) is 5.83. The van der Waals surface area contributed by atoms with Crippen LogP contribution in [0.25, 0.3) is 0 Å². The average Bonchev–Trinajstić information content (AvgIpc) is 2.96. The maximum atomic E-state index is 14.2. The highest BCUT2D eigenvalue weighted by Gasteiger charge is 2.21. The van der Waals surface area contributed by atoms with Crippen molar-refractivity contribution in [3.8, 4) is 0 Å². The summed E-state index contributed by atoms with van der Waals surface area (Å²) in [6.07, 6.45) is 5.73. The molecule has 2 nitrogen and oxygen atoms in total. The van der Waals surface area contributed by atoms with Crippen LogP contribution in [0.1, 0.15) is 31.2 Å². The second-order valence-corrected chi connectivity index (χ2v) is 5.83. The summed E-state index contributed by atoms with van der Waals surface area (Å²) in [6, 6.07) is 5.58. The Morgan fingerprint density at radius 3 is 2.63 bits per heavy atom. The van der Waals surface area contributed by atoms with E-state index in [-0.39, 0.29) is 5.82 Å². The van der Waals surface area contributed by atoms with Crippen molar-refractivity contribution in [2.45, 2.75) is 32.1 Å². The van der Waals surface area contributed by atoms with E-state index in [1.165, 1.54) is 25.7 Å². The third-order valence-electron chi connectivity index (χ3n) is 4.49. The molecule has 0 unspecified atom stereocenters. The molecule has 1 N–H and O–H groups in total. The summed E-state index contributed by atoms with van der Waals surface area (Å²) in [7, 11) is 0. The van der Waals surface area contributed by atoms with E-state index in [0.717, 1.165) is 43.9 Å². The predicted molar refractivity (Wildman–Crippen MR) is 77.1 cm³/mol. The van der Waals surface area contributed by atoms with Crippen LogP contribution in [-0.2, 0) is 6.42 Å². The summed E-state index contributed by atoms with van der Waals surface area (Å²) in [5.41, 5.74) is 2.10. The summed E-state index contributed by atoms with van der Waals surface area (Å²) in [4.78, 5) is 2.36. The number of rotatable bonds is 3. The Morgan fingerprint density at radius 1 is 1.16 bits per heavy atom. The number of benzene rings is 1. The van der Waals surface area contributed by atoms with Crippen molar-refractivity contribution >= 4 is 5.69 Å².